The van der Waals surface area contributed by atoms with Gasteiger partial charge in [-0.1, -0.05) is 343 Å². The lowest BCUT2D eigenvalue weighted by Gasteiger charge is -2.21. The van der Waals surface area contributed by atoms with Crippen LogP contribution in [0.1, 0.15) is 394 Å². The van der Waals surface area contributed by atoms with Crippen LogP contribution in [0, 0.1) is 5.92 Å². The number of carbonyl (C=O) groups is 4. The summed E-state index contributed by atoms with van der Waals surface area (Å²) in [5.74, 6) is -1.40. The van der Waals surface area contributed by atoms with Crippen molar-refractivity contribution >= 4 is 39.5 Å². The van der Waals surface area contributed by atoms with E-state index < -0.39 is 97.5 Å². The van der Waals surface area contributed by atoms with Gasteiger partial charge in [0.15, 0.2) is 12.2 Å². The van der Waals surface area contributed by atoms with E-state index >= 15 is 0 Å². The number of esters is 4. The molecule has 0 rings (SSSR count). The van der Waals surface area contributed by atoms with E-state index in [0.29, 0.717) is 25.7 Å². The second kappa shape index (κ2) is 68.2. The number of phosphoric ester groups is 2. The molecule has 0 amide bonds. The standard InChI is InChI=1S/C75H146O17P2/c1-6-9-12-15-18-20-22-24-26-28-29-30-31-33-35-37-39-45-50-55-60-74(79)91-71(65-86-73(78)59-54-49-44-38-36-34-32-27-25-23-21-19-16-13-10-7-2)67-90-94(83,84)88-63-69(76)62-87-93(81,82)89-66-70(64-85-72(77)58-53-48-42-17-14-11-8-3)92-75(80)61-56-51-46-41-40-43-47-52-57-68(4)5/h68-71,76H,6-67H2,1-5H3,(H,81,82)(H,83,84)/t69-,70+,71+/m0/s1. The predicted molar refractivity (Wildman–Crippen MR) is 382 cm³/mol. The fourth-order valence-electron chi connectivity index (χ4n) is 11.5. The van der Waals surface area contributed by atoms with Crippen LogP contribution in [-0.2, 0) is 65.4 Å². The summed E-state index contributed by atoms with van der Waals surface area (Å²) in [6, 6.07) is 0. The maximum Gasteiger partial charge on any atom is 0.472 e. The second-order valence-corrected chi connectivity index (χ2v) is 30.4. The minimum Gasteiger partial charge on any atom is -0.462 e. The van der Waals surface area contributed by atoms with Crippen molar-refractivity contribution in [3.05, 3.63) is 0 Å². The number of aliphatic hydroxyl groups is 1. The van der Waals surface area contributed by atoms with Crippen molar-refractivity contribution in [1.29, 1.82) is 0 Å². The third kappa shape index (κ3) is 68.6. The molecule has 3 N–H and O–H groups in total. The number of rotatable bonds is 75. The summed E-state index contributed by atoms with van der Waals surface area (Å²) in [4.78, 5) is 72.6. The van der Waals surface area contributed by atoms with Crippen LogP contribution < -0.4 is 0 Å². The molecule has 0 aliphatic carbocycles. The molecule has 5 atom stereocenters. The van der Waals surface area contributed by atoms with Gasteiger partial charge in [-0.2, -0.15) is 0 Å². The first-order chi connectivity index (χ1) is 45.5. The molecule has 0 aromatic carbocycles. The van der Waals surface area contributed by atoms with Crippen LogP contribution >= 0.6 is 15.6 Å². The Morgan fingerprint density at radius 1 is 0.287 bits per heavy atom. The highest BCUT2D eigenvalue weighted by Crippen LogP contribution is 2.45. The summed E-state index contributed by atoms with van der Waals surface area (Å²) in [6.45, 7) is 7.20. The lowest BCUT2D eigenvalue weighted by atomic mass is 10.0. The zero-order chi connectivity index (χ0) is 69.1. The molecule has 2 unspecified atom stereocenters. The monoisotopic (exact) mass is 1380 g/mol. The fourth-order valence-corrected chi connectivity index (χ4v) is 13.1. The van der Waals surface area contributed by atoms with Gasteiger partial charge in [0.2, 0.25) is 0 Å². The average molecular weight is 1380 g/mol. The van der Waals surface area contributed by atoms with Crippen LogP contribution in [0.5, 0.6) is 0 Å². The summed E-state index contributed by atoms with van der Waals surface area (Å²) < 4.78 is 68.3. The van der Waals surface area contributed by atoms with E-state index in [2.05, 4.69) is 34.6 Å². The predicted octanol–water partition coefficient (Wildman–Crippen LogP) is 22.1. The van der Waals surface area contributed by atoms with E-state index in [9.17, 15) is 43.2 Å². The topological polar surface area (TPSA) is 237 Å². The summed E-state index contributed by atoms with van der Waals surface area (Å²) in [7, 11) is -9.90. The Bertz CT molecular complexity index is 1810. The molecule has 0 fully saturated rings. The van der Waals surface area contributed by atoms with E-state index in [1.54, 1.807) is 0 Å². The van der Waals surface area contributed by atoms with E-state index in [-0.39, 0.29) is 25.7 Å². The first kappa shape index (κ1) is 92.1. The first-order valence-corrected chi connectivity index (χ1v) is 42.1. The largest absolute Gasteiger partial charge is 0.472 e. The summed E-state index contributed by atoms with van der Waals surface area (Å²) in [6.07, 6.45) is 57.2. The normalized spacial score (nSPS) is 14.0. The molecule has 0 bridgehead atoms. The van der Waals surface area contributed by atoms with Crippen molar-refractivity contribution in [3.8, 4) is 0 Å². The lowest BCUT2D eigenvalue weighted by Crippen LogP contribution is -2.30. The molecular weight excluding hydrogens is 1230 g/mol. The van der Waals surface area contributed by atoms with Crippen molar-refractivity contribution in [1.82, 2.24) is 0 Å². The third-order valence-corrected chi connectivity index (χ3v) is 19.4. The van der Waals surface area contributed by atoms with Gasteiger partial charge in [0, 0.05) is 25.7 Å². The minimum absolute atomic E-state index is 0.105. The van der Waals surface area contributed by atoms with Crippen LogP contribution in [-0.4, -0.2) is 96.7 Å². The highest BCUT2D eigenvalue weighted by atomic mass is 31.2. The Morgan fingerprint density at radius 3 is 0.723 bits per heavy atom. The van der Waals surface area contributed by atoms with E-state index in [1.807, 2.05) is 0 Å². The summed E-state index contributed by atoms with van der Waals surface area (Å²) in [5, 5.41) is 10.6. The van der Waals surface area contributed by atoms with E-state index in [1.165, 1.54) is 205 Å². The molecule has 0 radical (unpaired) electrons. The zero-order valence-corrected chi connectivity index (χ0v) is 62.9. The van der Waals surface area contributed by atoms with Gasteiger partial charge in [-0.15, -0.1) is 0 Å². The Hall–Kier alpha value is -1.94. The quantitative estimate of drug-likeness (QED) is 0.0222. The maximum atomic E-state index is 13.1. The number of aliphatic hydroxyl groups excluding tert-OH is 1. The average Bonchev–Trinajstić information content (AvgIpc) is 1.40. The van der Waals surface area contributed by atoms with Gasteiger partial charge < -0.3 is 33.8 Å². The molecule has 19 heteroatoms. The Labute approximate surface area is 575 Å². The third-order valence-electron chi connectivity index (χ3n) is 17.5. The number of ether oxygens (including phenoxy) is 4. The van der Waals surface area contributed by atoms with Crippen LogP contribution in [0.25, 0.3) is 0 Å². The number of carbonyl (C=O) groups excluding carboxylic acids is 4. The maximum absolute atomic E-state index is 13.1. The molecule has 17 nitrogen and oxygen atoms in total. The molecule has 0 aliphatic heterocycles. The summed E-state index contributed by atoms with van der Waals surface area (Å²) >= 11 is 0. The number of hydrogen-bond acceptors (Lipinski definition) is 15. The lowest BCUT2D eigenvalue weighted by molar-refractivity contribution is -0.161. The Balaban J connectivity index is 5.17. The van der Waals surface area contributed by atoms with Gasteiger partial charge in [0.1, 0.15) is 19.3 Å². The van der Waals surface area contributed by atoms with E-state index in [0.717, 1.165) is 109 Å². The van der Waals surface area contributed by atoms with Gasteiger partial charge >= 0.3 is 39.5 Å². The van der Waals surface area contributed by atoms with Crippen molar-refractivity contribution < 1.29 is 80.2 Å². The number of hydrogen-bond donors (Lipinski definition) is 3. The smallest absolute Gasteiger partial charge is 0.462 e. The van der Waals surface area contributed by atoms with Crippen LogP contribution in [0.2, 0.25) is 0 Å². The SMILES string of the molecule is CCCCCCCCCCCCCCCCCCCCCCC(=O)O[C@H](COC(=O)CCCCCCCCCCCCCCCCCC)COP(=O)(O)OC[C@@H](O)COP(=O)(O)OC[C@@H](COC(=O)CCCCCCCCC)OC(=O)CCCCCCCCCCC(C)C. The van der Waals surface area contributed by atoms with Gasteiger partial charge in [-0.25, -0.2) is 9.13 Å². The molecule has 0 saturated carbocycles. The Kier molecular flexibility index (Phi) is 66.8. The molecule has 0 saturated heterocycles. The minimum atomic E-state index is -4.95. The number of phosphoric acid groups is 2. The molecular formula is C75H146O17P2. The van der Waals surface area contributed by atoms with Crippen LogP contribution in [0.15, 0.2) is 0 Å². The van der Waals surface area contributed by atoms with Crippen molar-refractivity contribution in [2.45, 2.75) is 412 Å². The van der Waals surface area contributed by atoms with Gasteiger partial charge in [0.25, 0.3) is 0 Å². The molecule has 0 aliphatic rings. The highest BCUT2D eigenvalue weighted by molar-refractivity contribution is 7.47. The molecule has 0 aromatic heterocycles. The van der Waals surface area contributed by atoms with E-state index in [4.69, 9.17) is 37.0 Å². The second-order valence-electron chi connectivity index (χ2n) is 27.5. The fraction of sp³-hybridized carbons (Fsp3) is 0.947. The molecule has 0 heterocycles. The molecule has 0 spiro atoms. The molecule has 0 aromatic rings. The van der Waals surface area contributed by atoms with Gasteiger partial charge in [0.05, 0.1) is 26.4 Å². The Morgan fingerprint density at radius 2 is 0.489 bits per heavy atom. The van der Waals surface area contributed by atoms with Crippen molar-refractivity contribution in [3.63, 3.8) is 0 Å². The molecule has 94 heavy (non-hydrogen) atoms. The summed E-state index contributed by atoms with van der Waals surface area (Å²) in [5.41, 5.74) is 0. The zero-order valence-electron chi connectivity index (χ0n) is 61.1. The number of unbranched alkanes of at least 4 members (excludes halogenated alkanes) is 47. The van der Waals surface area contributed by atoms with Crippen molar-refractivity contribution in [2.75, 3.05) is 39.6 Å². The molecule has 558 valence electrons. The van der Waals surface area contributed by atoms with Crippen LogP contribution in [0.4, 0.5) is 0 Å². The first-order valence-electron chi connectivity index (χ1n) is 39.1. The van der Waals surface area contributed by atoms with Crippen molar-refractivity contribution in [2.24, 2.45) is 5.92 Å². The van der Waals surface area contributed by atoms with Gasteiger partial charge in [-0.3, -0.25) is 37.3 Å². The van der Waals surface area contributed by atoms with Gasteiger partial charge in [-0.05, 0) is 31.6 Å². The highest BCUT2D eigenvalue weighted by Gasteiger charge is 2.30. The van der Waals surface area contributed by atoms with Crippen LogP contribution in [0.3, 0.4) is 0 Å².